The molecule has 0 saturated carbocycles. The standard InChI is InChI=1S/C31H36N8O/c1-19-15-20(17-21(16-19)32-26(40)18-31(2,3)4)22-9-10-24-28(33-22)29(37-36-24)30-34-23-7-6-8-25(27(23)35-30)39-13-11-38(5)12-14-39/h6-10,15-17H,11-14,18H2,1-5H3,(H,32,40)(H,34,35)(H,36,37). The van der Waals surface area contributed by atoms with Crippen molar-refractivity contribution in [1.82, 2.24) is 30.0 Å². The van der Waals surface area contributed by atoms with Gasteiger partial charge >= 0.3 is 0 Å². The molecule has 0 radical (unpaired) electrons. The van der Waals surface area contributed by atoms with E-state index in [2.05, 4.69) is 82.4 Å². The van der Waals surface area contributed by atoms with Crippen molar-refractivity contribution in [3.63, 3.8) is 0 Å². The fourth-order valence-electron chi connectivity index (χ4n) is 5.35. The highest BCUT2D eigenvalue weighted by atomic mass is 16.1. The van der Waals surface area contributed by atoms with Gasteiger partial charge in [-0.3, -0.25) is 9.89 Å². The summed E-state index contributed by atoms with van der Waals surface area (Å²) in [6.07, 6.45) is 0.451. The zero-order valence-corrected chi connectivity index (χ0v) is 23.8. The fourth-order valence-corrected chi connectivity index (χ4v) is 5.35. The summed E-state index contributed by atoms with van der Waals surface area (Å²) in [6.45, 7) is 12.2. The van der Waals surface area contributed by atoms with Crippen LogP contribution in [-0.2, 0) is 4.79 Å². The number of aryl methyl sites for hydroxylation is 1. The van der Waals surface area contributed by atoms with E-state index in [9.17, 15) is 4.79 Å². The lowest BCUT2D eigenvalue weighted by molar-refractivity contribution is -0.117. The number of amides is 1. The molecule has 0 aliphatic carbocycles. The van der Waals surface area contributed by atoms with Gasteiger partial charge in [-0.2, -0.15) is 5.10 Å². The molecule has 6 rings (SSSR count). The number of para-hydroxylation sites is 1. The Balaban J connectivity index is 1.34. The van der Waals surface area contributed by atoms with Crippen molar-refractivity contribution >= 4 is 39.3 Å². The van der Waals surface area contributed by atoms with Crippen LogP contribution >= 0.6 is 0 Å². The van der Waals surface area contributed by atoms with E-state index in [1.807, 2.05) is 31.2 Å². The Kier molecular flexibility index (Phi) is 6.54. The molecule has 1 aliphatic heterocycles. The number of H-pyrrole nitrogens is 2. The Morgan fingerprint density at radius 1 is 0.975 bits per heavy atom. The van der Waals surface area contributed by atoms with Crippen molar-refractivity contribution < 1.29 is 4.79 Å². The van der Waals surface area contributed by atoms with Crippen molar-refractivity contribution in [3.05, 3.63) is 54.1 Å². The van der Waals surface area contributed by atoms with Crippen LogP contribution in [0.15, 0.2) is 48.5 Å². The summed E-state index contributed by atoms with van der Waals surface area (Å²) in [7, 11) is 2.16. The van der Waals surface area contributed by atoms with E-state index in [4.69, 9.17) is 9.97 Å². The number of likely N-dealkylation sites (N-methyl/N-ethyl adjacent to an activating group) is 1. The van der Waals surface area contributed by atoms with Gasteiger partial charge in [0.15, 0.2) is 11.5 Å². The number of carbonyl (C=O) groups is 1. The van der Waals surface area contributed by atoms with E-state index >= 15 is 0 Å². The molecule has 3 N–H and O–H groups in total. The molecular formula is C31H36N8O. The van der Waals surface area contributed by atoms with Gasteiger partial charge in [0.05, 0.1) is 22.4 Å². The van der Waals surface area contributed by atoms with Crippen LogP contribution in [0, 0.1) is 12.3 Å². The van der Waals surface area contributed by atoms with Gasteiger partial charge in [-0.1, -0.05) is 26.8 Å². The Morgan fingerprint density at radius 2 is 1.77 bits per heavy atom. The minimum atomic E-state index is -0.0804. The van der Waals surface area contributed by atoms with Crippen molar-refractivity contribution in [1.29, 1.82) is 0 Å². The highest BCUT2D eigenvalue weighted by Gasteiger charge is 2.21. The normalized spacial score (nSPS) is 14.8. The third-order valence-corrected chi connectivity index (χ3v) is 7.32. The second kappa shape index (κ2) is 10.1. The van der Waals surface area contributed by atoms with E-state index in [0.29, 0.717) is 17.9 Å². The molecule has 1 aliphatic rings. The minimum Gasteiger partial charge on any atom is -0.367 e. The molecule has 0 spiro atoms. The van der Waals surface area contributed by atoms with Crippen LogP contribution in [0.2, 0.25) is 0 Å². The summed E-state index contributed by atoms with van der Waals surface area (Å²) >= 11 is 0. The number of nitrogens with zero attached hydrogens (tertiary/aromatic N) is 5. The van der Waals surface area contributed by atoms with Crippen molar-refractivity contribution in [2.75, 3.05) is 43.4 Å². The van der Waals surface area contributed by atoms with Crippen molar-refractivity contribution in [2.24, 2.45) is 5.41 Å². The molecule has 9 heteroatoms. The highest BCUT2D eigenvalue weighted by molar-refractivity contribution is 5.95. The van der Waals surface area contributed by atoms with Gasteiger partial charge in [-0.05, 0) is 67.4 Å². The number of carbonyl (C=O) groups excluding carboxylic acids is 1. The SMILES string of the molecule is Cc1cc(NC(=O)CC(C)(C)C)cc(-c2ccc3[nH]nc(-c4nc5c(N6CCN(C)CC6)cccc5[nH]4)c3n2)c1. The smallest absolute Gasteiger partial charge is 0.224 e. The average Bonchev–Trinajstić information content (AvgIpc) is 3.51. The maximum Gasteiger partial charge on any atom is 0.224 e. The topological polar surface area (TPSA) is 106 Å². The van der Waals surface area contributed by atoms with Gasteiger partial charge in [0, 0.05) is 43.9 Å². The lowest BCUT2D eigenvalue weighted by atomic mass is 9.92. The number of anilines is 2. The number of pyridine rings is 1. The van der Waals surface area contributed by atoms with Gasteiger partial charge in [-0.15, -0.1) is 0 Å². The van der Waals surface area contributed by atoms with Crippen LogP contribution < -0.4 is 10.2 Å². The molecule has 40 heavy (non-hydrogen) atoms. The molecule has 1 amide bonds. The Bertz CT molecular complexity index is 1700. The quantitative estimate of drug-likeness (QED) is 0.270. The summed E-state index contributed by atoms with van der Waals surface area (Å²) in [6, 6.07) is 16.3. The number of hydrogen-bond donors (Lipinski definition) is 3. The summed E-state index contributed by atoms with van der Waals surface area (Å²) < 4.78 is 0. The summed E-state index contributed by atoms with van der Waals surface area (Å²) in [5.74, 6) is 0.692. The van der Waals surface area contributed by atoms with Crippen LogP contribution in [0.25, 0.3) is 44.8 Å². The van der Waals surface area contributed by atoms with Gasteiger partial charge in [0.2, 0.25) is 5.91 Å². The highest BCUT2D eigenvalue weighted by Crippen LogP contribution is 2.32. The van der Waals surface area contributed by atoms with Crippen LogP contribution in [0.5, 0.6) is 0 Å². The molecule has 9 nitrogen and oxygen atoms in total. The van der Waals surface area contributed by atoms with Gasteiger partial charge in [-0.25, -0.2) is 9.97 Å². The Hall–Kier alpha value is -4.24. The number of hydrogen-bond acceptors (Lipinski definition) is 6. The number of rotatable bonds is 5. The second-order valence-electron chi connectivity index (χ2n) is 12.1. The largest absolute Gasteiger partial charge is 0.367 e. The monoisotopic (exact) mass is 536 g/mol. The molecule has 206 valence electrons. The van der Waals surface area contributed by atoms with Gasteiger partial charge < -0.3 is 20.1 Å². The Labute approximate surface area is 234 Å². The lowest BCUT2D eigenvalue weighted by Crippen LogP contribution is -2.44. The fraction of sp³-hybridized carbons (Fsp3) is 0.355. The molecule has 1 saturated heterocycles. The van der Waals surface area contributed by atoms with Gasteiger partial charge in [0.25, 0.3) is 0 Å². The first-order valence-electron chi connectivity index (χ1n) is 13.8. The molecule has 4 heterocycles. The maximum absolute atomic E-state index is 12.6. The van der Waals surface area contributed by atoms with E-state index in [-0.39, 0.29) is 11.3 Å². The number of aromatic nitrogens is 5. The predicted octanol–water partition coefficient (Wildman–Crippen LogP) is 5.60. The molecule has 0 atom stereocenters. The average molecular weight is 537 g/mol. The number of fused-ring (bicyclic) bond motifs is 2. The summed E-state index contributed by atoms with van der Waals surface area (Å²) in [4.78, 5) is 30.8. The molecule has 2 aromatic carbocycles. The van der Waals surface area contributed by atoms with Crippen molar-refractivity contribution in [3.8, 4) is 22.8 Å². The molecule has 3 aromatic heterocycles. The zero-order valence-electron chi connectivity index (χ0n) is 23.8. The second-order valence-corrected chi connectivity index (χ2v) is 12.1. The number of nitrogens with one attached hydrogen (secondary N) is 3. The lowest BCUT2D eigenvalue weighted by Gasteiger charge is -2.34. The van der Waals surface area contributed by atoms with Gasteiger partial charge in [0.1, 0.15) is 11.0 Å². The first-order valence-corrected chi connectivity index (χ1v) is 13.8. The van der Waals surface area contributed by atoms with Crippen LogP contribution in [0.1, 0.15) is 32.8 Å². The number of aromatic amines is 2. The molecule has 0 bridgehead atoms. The summed E-state index contributed by atoms with van der Waals surface area (Å²) in [5, 5.41) is 10.8. The first kappa shape index (κ1) is 26.0. The number of benzene rings is 2. The van der Waals surface area contributed by atoms with E-state index in [1.165, 1.54) is 0 Å². The van der Waals surface area contributed by atoms with Crippen LogP contribution in [-0.4, -0.2) is 69.2 Å². The van der Waals surface area contributed by atoms with E-state index in [1.54, 1.807) is 0 Å². The molecular weight excluding hydrogens is 500 g/mol. The third-order valence-electron chi connectivity index (χ3n) is 7.32. The van der Waals surface area contributed by atoms with E-state index in [0.717, 1.165) is 76.4 Å². The van der Waals surface area contributed by atoms with E-state index < -0.39 is 0 Å². The number of piperazine rings is 1. The Morgan fingerprint density at radius 3 is 2.55 bits per heavy atom. The zero-order chi connectivity index (χ0) is 28.0. The minimum absolute atomic E-state index is 0.00501. The maximum atomic E-state index is 12.6. The summed E-state index contributed by atoms with van der Waals surface area (Å²) in [5.41, 5.74) is 8.81. The molecule has 0 unspecified atom stereocenters. The first-order chi connectivity index (χ1) is 19.1. The third kappa shape index (κ3) is 5.29. The molecule has 1 fully saturated rings. The van der Waals surface area contributed by atoms with Crippen LogP contribution in [0.3, 0.4) is 0 Å². The predicted molar refractivity (Wildman–Crippen MR) is 162 cm³/mol. The molecule has 5 aromatic rings. The van der Waals surface area contributed by atoms with Crippen LogP contribution in [0.4, 0.5) is 11.4 Å². The van der Waals surface area contributed by atoms with Crippen molar-refractivity contribution in [2.45, 2.75) is 34.1 Å². The number of imidazole rings is 1.